The fourth-order valence-corrected chi connectivity index (χ4v) is 4.68. The Hall–Kier alpha value is -1.91. The Morgan fingerprint density at radius 2 is 1.97 bits per heavy atom. The van der Waals surface area contributed by atoms with Crippen LogP contribution in [0.5, 0.6) is 0 Å². The SMILES string of the molecule is CC(C)CCn1nccc1-c1nc(-c2ccc(CS(=O)(=O)C(F)(F)F)cc2Cl)cs1. The van der Waals surface area contributed by atoms with Gasteiger partial charge in [0.1, 0.15) is 5.01 Å². The van der Waals surface area contributed by atoms with Gasteiger partial charge >= 0.3 is 5.51 Å². The Kier molecular flexibility index (Phi) is 6.59. The van der Waals surface area contributed by atoms with Gasteiger partial charge in [-0.2, -0.15) is 18.3 Å². The zero-order valence-electron chi connectivity index (χ0n) is 16.1. The lowest BCUT2D eigenvalue weighted by Crippen LogP contribution is -2.24. The maximum atomic E-state index is 12.6. The largest absolute Gasteiger partial charge is 0.497 e. The summed E-state index contributed by atoms with van der Waals surface area (Å²) in [5.41, 5.74) is -3.40. The van der Waals surface area contributed by atoms with Crippen LogP contribution in [-0.4, -0.2) is 28.7 Å². The normalized spacial score (nSPS) is 12.6. The van der Waals surface area contributed by atoms with E-state index in [4.69, 9.17) is 11.6 Å². The number of aryl methyl sites for hydroxylation is 1. The molecule has 0 amide bonds. The molecule has 0 fully saturated rings. The Labute approximate surface area is 181 Å². The molecule has 0 bridgehead atoms. The van der Waals surface area contributed by atoms with Crippen molar-refractivity contribution in [2.75, 3.05) is 0 Å². The molecule has 0 atom stereocenters. The smallest absolute Gasteiger partial charge is 0.262 e. The minimum atomic E-state index is -5.31. The zero-order valence-corrected chi connectivity index (χ0v) is 18.5. The average molecular weight is 478 g/mol. The number of aromatic nitrogens is 3. The van der Waals surface area contributed by atoms with Crippen LogP contribution in [0.1, 0.15) is 25.8 Å². The lowest BCUT2D eigenvalue weighted by Gasteiger charge is -2.09. The molecule has 30 heavy (non-hydrogen) atoms. The third-order valence-corrected chi connectivity index (χ3v) is 6.97. The predicted molar refractivity (Wildman–Crippen MR) is 112 cm³/mol. The number of alkyl halides is 3. The van der Waals surface area contributed by atoms with Crippen molar-refractivity contribution in [2.45, 2.75) is 38.1 Å². The van der Waals surface area contributed by atoms with Gasteiger partial charge in [0.25, 0.3) is 9.84 Å². The van der Waals surface area contributed by atoms with Crippen molar-refractivity contribution in [3.8, 4) is 22.0 Å². The molecule has 0 unspecified atom stereocenters. The second kappa shape index (κ2) is 8.68. The topological polar surface area (TPSA) is 64.8 Å². The van der Waals surface area contributed by atoms with E-state index in [-0.39, 0.29) is 10.6 Å². The molecule has 1 aromatic carbocycles. The van der Waals surface area contributed by atoms with E-state index in [1.165, 1.54) is 29.5 Å². The van der Waals surface area contributed by atoms with Gasteiger partial charge in [0.05, 0.1) is 22.2 Å². The van der Waals surface area contributed by atoms with E-state index in [2.05, 4.69) is 23.9 Å². The van der Waals surface area contributed by atoms with Crippen LogP contribution in [-0.2, 0) is 22.1 Å². The summed E-state index contributed by atoms with van der Waals surface area (Å²) in [7, 11) is -5.27. The van der Waals surface area contributed by atoms with Gasteiger partial charge in [-0.15, -0.1) is 11.3 Å². The molecule has 5 nitrogen and oxygen atoms in total. The first kappa shape index (κ1) is 22.8. The maximum Gasteiger partial charge on any atom is 0.497 e. The van der Waals surface area contributed by atoms with Crippen molar-refractivity contribution in [1.29, 1.82) is 0 Å². The highest BCUT2D eigenvalue weighted by Crippen LogP contribution is 2.34. The van der Waals surface area contributed by atoms with Crippen molar-refractivity contribution in [1.82, 2.24) is 14.8 Å². The molecule has 0 aliphatic carbocycles. The molecular formula is C19H19ClF3N3O2S2. The molecular weight excluding hydrogens is 459 g/mol. The van der Waals surface area contributed by atoms with Crippen LogP contribution in [0.2, 0.25) is 5.02 Å². The summed E-state index contributed by atoms with van der Waals surface area (Å²) >= 11 is 7.63. The van der Waals surface area contributed by atoms with Crippen LogP contribution in [0.15, 0.2) is 35.8 Å². The van der Waals surface area contributed by atoms with E-state index in [1.54, 1.807) is 11.6 Å². The van der Waals surface area contributed by atoms with Gasteiger partial charge in [-0.1, -0.05) is 37.6 Å². The Balaban J connectivity index is 1.84. The molecule has 0 spiro atoms. The quantitative estimate of drug-likeness (QED) is 0.431. The van der Waals surface area contributed by atoms with Crippen molar-refractivity contribution >= 4 is 32.8 Å². The molecule has 0 radical (unpaired) electrons. The third-order valence-electron chi connectivity index (χ3n) is 4.38. The van der Waals surface area contributed by atoms with Crippen molar-refractivity contribution in [3.05, 3.63) is 46.4 Å². The van der Waals surface area contributed by atoms with Crippen LogP contribution < -0.4 is 0 Å². The van der Waals surface area contributed by atoms with Crippen molar-refractivity contribution in [2.24, 2.45) is 5.92 Å². The first-order valence-electron chi connectivity index (χ1n) is 9.03. The molecule has 0 saturated heterocycles. The number of nitrogens with zero attached hydrogens (tertiary/aromatic N) is 3. The number of hydrogen-bond donors (Lipinski definition) is 0. The minimum absolute atomic E-state index is 0.0386. The number of halogens is 4. The van der Waals surface area contributed by atoms with Crippen molar-refractivity contribution < 1.29 is 21.6 Å². The summed E-state index contributed by atoms with van der Waals surface area (Å²) in [6.07, 6.45) is 2.68. The van der Waals surface area contributed by atoms with E-state index in [9.17, 15) is 21.6 Å². The predicted octanol–water partition coefficient (Wildman–Crippen LogP) is 5.81. The van der Waals surface area contributed by atoms with E-state index >= 15 is 0 Å². The lowest BCUT2D eigenvalue weighted by molar-refractivity contribution is -0.0437. The van der Waals surface area contributed by atoms with Crippen LogP contribution in [0.25, 0.3) is 22.0 Å². The number of rotatable bonds is 7. The van der Waals surface area contributed by atoms with Crippen LogP contribution in [0.4, 0.5) is 13.2 Å². The summed E-state index contributed by atoms with van der Waals surface area (Å²) < 4.78 is 62.4. The van der Waals surface area contributed by atoms with Crippen LogP contribution in [0, 0.1) is 5.92 Å². The minimum Gasteiger partial charge on any atom is -0.262 e. The number of thiazole rings is 1. The zero-order chi connectivity index (χ0) is 22.1. The highest BCUT2D eigenvalue weighted by molar-refractivity contribution is 7.91. The van der Waals surface area contributed by atoms with Crippen LogP contribution in [0.3, 0.4) is 0 Å². The van der Waals surface area contributed by atoms with Gasteiger partial charge in [0.15, 0.2) is 0 Å². The molecule has 162 valence electrons. The summed E-state index contributed by atoms with van der Waals surface area (Å²) in [5.74, 6) is -0.624. The number of hydrogen-bond acceptors (Lipinski definition) is 5. The summed E-state index contributed by atoms with van der Waals surface area (Å²) in [5, 5.41) is 7.01. The van der Waals surface area contributed by atoms with E-state index in [1.807, 2.05) is 10.7 Å². The molecule has 3 aromatic rings. The van der Waals surface area contributed by atoms with Gasteiger partial charge in [-0.05, 0) is 30.0 Å². The van der Waals surface area contributed by atoms with E-state index in [0.717, 1.165) is 23.7 Å². The van der Waals surface area contributed by atoms with Crippen LogP contribution >= 0.6 is 22.9 Å². The average Bonchev–Trinajstić information content (AvgIpc) is 3.27. The highest BCUT2D eigenvalue weighted by Gasteiger charge is 2.45. The van der Waals surface area contributed by atoms with Gasteiger partial charge in [0.2, 0.25) is 0 Å². The number of benzene rings is 1. The van der Waals surface area contributed by atoms with Gasteiger partial charge < -0.3 is 0 Å². The molecule has 2 aromatic heterocycles. The maximum absolute atomic E-state index is 12.6. The monoisotopic (exact) mass is 477 g/mol. The molecule has 0 saturated carbocycles. The second-order valence-electron chi connectivity index (χ2n) is 7.18. The summed E-state index contributed by atoms with van der Waals surface area (Å²) in [6, 6.07) is 5.90. The highest BCUT2D eigenvalue weighted by atomic mass is 35.5. The first-order valence-corrected chi connectivity index (χ1v) is 11.9. The Morgan fingerprint density at radius 1 is 1.23 bits per heavy atom. The summed E-state index contributed by atoms with van der Waals surface area (Å²) in [4.78, 5) is 4.59. The third kappa shape index (κ3) is 5.04. The summed E-state index contributed by atoms with van der Waals surface area (Å²) in [6.45, 7) is 5.03. The lowest BCUT2D eigenvalue weighted by atomic mass is 10.1. The molecule has 11 heteroatoms. The Bertz CT molecular complexity index is 1140. The van der Waals surface area contributed by atoms with Gasteiger partial charge in [-0.3, -0.25) is 4.68 Å². The van der Waals surface area contributed by atoms with E-state index in [0.29, 0.717) is 17.2 Å². The molecule has 0 N–H and O–H groups in total. The first-order chi connectivity index (χ1) is 14.0. The van der Waals surface area contributed by atoms with Gasteiger partial charge in [0, 0.05) is 23.7 Å². The molecule has 0 aliphatic rings. The standard InChI is InChI=1S/C19H19ClF3N3O2S2/c1-12(2)6-8-26-17(5-7-24-26)18-25-16(10-29-18)14-4-3-13(9-15(14)20)11-30(27,28)19(21,22)23/h3-5,7,9-10,12H,6,8,11H2,1-2H3. The fraction of sp³-hybridized carbons (Fsp3) is 0.368. The molecule has 0 aliphatic heterocycles. The fourth-order valence-electron chi connectivity index (χ4n) is 2.75. The number of sulfone groups is 1. The second-order valence-corrected chi connectivity index (χ2v) is 10.4. The van der Waals surface area contributed by atoms with E-state index < -0.39 is 21.1 Å². The molecule has 2 heterocycles. The van der Waals surface area contributed by atoms with Crippen molar-refractivity contribution in [3.63, 3.8) is 0 Å². The van der Waals surface area contributed by atoms with Gasteiger partial charge in [-0.25, -0.2) is 13.4 Å². The Morgan fingerprint density at radius 3 is 2.60 bits per heavy atom. The molecule has 3 rings (SSSR count).